The van der Waals surface area contributed by atoms with E-state index in [1.165, 1.54) is 19.5 Å². The van der Waals surface area contributed by atoms with Crippen molar-refractivity contribution in [3.05, 3.63) is 41.4 Å². The maximum atomic E-state index is 13.4. The van der Waals surface area contributed by atoms with Crippen molar-refractivity contribution in [3.63, 3.8) is 0 Å². The molecule has 2 atom stereocenters. The molecule has 0 unspecified atom stereocenters. The molecule has 0 saturated heterocycles. The highest BCUT2D eigenvalue weighted by Crippen LogP contribution is 2.40. The van der Waals surface area contributed by atoms with E-state index in [1.54, 1.807) is 29.7 Å². The summed E-state index contributed by atoms with van der Waals surface area (Å²) in [6, 6.07) is 5.37. The van der Waals surface area contributed by atoms with Crippen LogP contribution in [0.1, 0.15) is 51.1 Å². The number of hydrogen-bond donors (Lipinski definition) is 1. The molecule has 4 rings (SSSR count). The molecule has 3 aromatic heterocycles. The predicted octanol–water partition coefficient (Wildman–Crippen LogP) is 3.43. The van der Waals surface area contributed by atoms with Crippen LogP contribution in [0.25, 0.3) is 11.5 Å². The molecule has 11 nitrogen and oxygen atoms in total. The van der Waals surface area contributed by atoms with Crippen molar-refractivity contribution in [2.75, 3.05) is 18.4 Å². The molecule has 0 amide bonds. The molecule has 34 heavy (non-hydrogen) atoms. The van der Waals surface area contributed by atoms with Gasteiger partial charge in [0.2, 0.25) is 21.9 Å². The van der Waals surface area contributed by atoms with E-state index in [4.69, 9.17) is 21.1 Å². The highest BCUT2D eigenvalue weighted by molar-refractivity contribution is 7.93. The molecule has 1 fully saturated rings. The van der Waals surface area contributed by atoms with Gasteiger partial charge in [0.1, 0.15) is 17.0 Å². The van der Waals surface area contributed by atoms with Gasteiger partial charge in [-0.3, -0.25) is 9.29 Å². The minimum atomic E-state index is -3.97. The maximum Gasteiger partial charge on any atom is 0.240 e. The fourth-order valence-corrected chi connectivity index (χ4v) is 4.59. The zero-order chi connectivity index (χ0) is 24.3. The van der Waals surface area contributed by atoms with E-state index in [9.17, 15) is 8.42 Å². The Balaban J connectivity index is 1.64. The Bertz CT molecular complexity index is 1230. The molecule has 0 aromatic carbocycles. The van der Waals surface area contributed by atoms with Crippen molar-refractivity contribution in [2.45, 2.75) is 50.5 Å². The Morgan fingerprint density at radius 3 is 2.62 bits per heavy atom. The molecule has 3 heterocycles. The van der Waals surface area contributed by atoms with E-state index >= 15 is 0 Å². The smallest absolute Gasteiger partial charge is 0.240 e. The molecule has 1 saturated carbocycles. The van der Waals surface area contributed by atoms with Crippen LogP contribution in [0.5, 0.6) is 5.88 Å². The molecule has 1 aliphatic rings. The Kier molecular flexibility index (Phi) is 7.29. The zero-order valence-electron chi connectivity index (χ0n) is 19.0. The quantitative estimate of drug-likeness (QED) is 0.414. The summed E-state index contributed by atoms with van der Waals surface area (Å²) in [5, 5.41) is 7.69. The number of nitrogens with one attached hydrogen (secondary N) is 1. The standard InChI is InChI=1S/C21H26ClN7O4S/c1-4-10-33-18(19-23-11-14(22)12-24-19)13(2)34(30,31)28-21-27-26-20(29(21)15-8-9-15)16-6-5-7-17(25-16)32-3/h5-7,11-13,15,18H,4,8-10H2,1-3H3,(H,27,28)/t13-,18+/m0/s1. The van der Waals surface area contributed by atoms with Crippen LogP contribution in [0.4, 0.5) is 5.95 Å². The first kappa shape index (κ1) is 24.3. The lowest BCUT2D eigenvalue weighted by Crippen LogP contribution is -2.34. The number of rotatable bonds is 11. The first-order valence-electron chi connectivity index (χ1n) is 10.9. The summed E-state index contributed by atoms with van der Waals surface area (Å²) in [6.07, 6.45) is 4.41. The Morgan fingerprint density at radius 2 is 1.97 bits per heavy atom. The van der Waals surface area contributed by atoms with Crippen LogP contribution >= 0.6 is 11.6 Å². The van der Waals surface area contributed by atoms with Gasteiger partial charge in [0.25, 0.3) is 0 Å². The summed E-state index contributed by atoms with van der Waals surface area (Å²) in [5.74, 6) is 1.25. The SMILES string of the molecule is CCCO[C@@H](c1ncc(Cl)cn1)[C@H](C)S(=O)(=O)Nc1nnc(-c2cccc(OC)n2)n1C1CC1. The highest BCUT2D eigenvalue weighted by atomic mass is 35.5. The van der Waals surface area contributed by atoms with Gasteiger partial charge >= 0.3 is 0 Å². The number of sulfonamides is 1. The average molecular weight is 508 g/mol. The molecular formula is C21H26ClN7O4S. The van der Waals surface area contributed by atoms with Crippen LogP contribution in [0, 0.1) is 0 Å². The van der Waals surface area contributed by atoms with E-state index in [1.807, 2.05) is 6.92 Å². The fourth-order valence-electron chi connectivity index (χ4n) is 3.38. The largest absolute Gasteiger partial charge is 0.481 e. The number of pyridine rings is 1. The minimum Gasteiger partial charge on any atom is -0.481 e. The number of ether oxygens (including phenoxy) is 2. The third kappa shape index (κ3) is 5.29. The van der Waals surface area contributed by atoms with E-state index in [2.05, 4.69) is 29.9 Å². The van der Waals surface area contributed by atoms with E-state index < -0.39 is 21.4 Å². The van der Waals surface area contributed by atoms with Gasteiger partial charge in [-0.1, -0.05) is 24.6 Å². The molecule has 182 valence electrons. The number of methoxy groups -OCH3 is 1. The van der Waals surface area contributed by atoms with Crippen LogP contribution in [-0.4, -0.2) is 57.1 Å². The van der Waals surface area contributed by atoms with Gasteiger partial charge in [0.05, 0.1) is 12.1 Å². The zero-order valence-corrected chi connectivity index (χ0v) is 20.6. The monoisotopic (exact) mass is 507 g/mol. The van der Waals surface area contributed by atoms with Crippen molar-refractivity contribution in [1.29, 1.82) is 0 Å². The summed E-state index contributed by atoms with van der Waals surface area (Å²) in [5.41, 5.74) is 0.538. The average Bonchev–Trinajstić information content (AvgIpc) is 3.60. The molecule has 3 aromatic rings. The molecule has 0 radical (unpaired) electrons. The Hall–Kier alpha value is -2.83. The van der Waals surface area contributed by atoms with Gasteiger partial charge in [-0.15, -0.1) is 10.2 Å². The van der Waals surface area contributed by atoms with Crippen LogP contribution in [0.15, 0.2) is 30.6 Å². The number of anilines is 1. The Morgan fingerprint density at radius 1 is 1.24 bits per heavy atom. The second kappa shape index (κ2) is 10.2. The van der Waals surface area contributed by atoms with Crippen LogP contribution < -0.4 is 9.46 Å². The first-order valence-corrected chi connectivity index (χ1v) is 12.8. The van der Waals surface area contributed by atoms with Crippen molar-refractivity contribution >= 4 is 27.6 Å². The fraction of sp³-hybridized carbons (Fsp3) is 0.476. The van der Waals surface area contributed by atoms with Gasteiger partial charge in [-0.05, 0) is 32.3 Å². The molecule has 0 bridgehead atoms. The topological polar surface area (TPSA) is 134 Å². The summed E-state index contributed by atoms with van der Waals surface area (Å²) < 4.78 is 42.2. The highest BCUT2D eigenvalue weighted by Gasteiger charge is 2.37. The number of halogens is 1. The first-order chi connectivity index (χ1) is 16.3. The second-order valence-electron chi connectivity index (χ2n) is 7.92. The van der Waals surface area contributed by atoms with Crippen molar-refractivity contribution in [1.82, 2.24) is 29.7 Å². The molecular weight excluding hydrogens is 482 g/mol. The normalized spacial score (nSPS) is 15.6. The lowest BCUT2D eigenvalue weighted by Gasteiger charge is -2.23. The number of aromatic nitrogens is 6. The van der Waals surface area contributed by atoms with Gasteiger partial charge < -0.3 is 9.47 Å². The lowest BCUT2D eigenvalue weighted by molar-refractivity contribution is 0.0466. The van der Waals surface area contributed by atoms with E-state index in [0.717, 1.165) is 12.8 Å². The van der Waals surface area contributed by atoms with E-state index in [0.29, 0.717) is 35.4 Å². The van der Waals surface area contributed by atoms with Gasteiger partial charge in [0.15, 0.2) is 11.6 Å². The molecule has 0 spiro atoms. The Labute approximate surface area is 203 Å². The maximum absolute atomic E-state index is 13.4. The second-order valence-corrected chi connectivity index (χ2v) is 10.4. The van der Waals surface area contributed by atoms with Gasteiger partial charge in [0, 0.05) is 31.1 Å². The third-order valence-corrected chi connectivity index (χ3v) is 7.20. The van der Waals surface area contributed by atoms with Gasteiger partial charge in [-0.25, -0.2) is 23.4 Å². The molecule has 13 heteroatoms. The number of nitrogens with zero attached hydrogens (tertiary/aromatic N) is 6. The predicted molar refractivity (Wildman–Crippen MR) is 126 cm³/mol. The minimum absolute atomic E-state index is 0.0812. The van der Waals surface area contributed by atoms with Crippen LogP contribution in [-0.2, 0) is 14.8 Å². The van der Waals surface area contributed by atoms with E-state index in [-0.39, 0.29) is 17.8 Å². The van der Waals surface area contributed by atoms with Crippen molar-refractivity contribution in [2.24, 2.45) is 0 Å². The summed E-state index contributed by atoms with van der Waals surface area (Å²) in [4.78, 5) is 12.8. The van der Waals surface area contributed by atoms with Crippen molar-refractivity contribution in [3.8, 4) is 17.4 Å². The van der Waals surface area contributed by atoms with Gasteiger partial charge in [-0.2, -0.15) is 0 Å². The van der Waals surface area contributed by atoms with Crippen molar-refractivity contribution < 1.29 is 17.9 Å². The van der Waals surface area contributed by atoms with Crippen LogP contribution in [0.2, 0.25) is 5.02 Å². The summed E-state index contributed by atoms with van der Waals surface area (Å²) >= 11 is 5.89. The van der Waals surface area contributed by atoms with Crippen LogP contribution in [0.3, 0.4) is 0 Å². The molecule has 1 aliphatic carbocycles. The summed E-state index contributed by atoms with van der Waals surface area (Å²) in [7, 11) is -2.44. The summed E-state index contributed by atoms with van der Waals surface area (Å²) in [6.45, 7) is 3.83. The lowest BCUT2D eigenvalue weighted by atomic mass is 10.2. The molecule has 0 aliphatic heterocycles. The third-order valence-electron chi connectivity index (χ3n) is 5.32. The molecule has 1 N–H and O–H groups in total. The number of hydrogen-bond acceptors (Lipinski definition) is 9.